The molecule has 1 aliphatic rings. The quantitative estimate of drug-likeness (QED) is 0.507. The zero-order chi connectivity index (χ0) is 24.3. The lowest BCUT2D eigenvalue weighted by molar-refractivity contribution is 0.00693. The van der Waals surface area contributed by atoms with E-state index >= 15 is 4.39 Å². The van der Waals surface area contributed by atoms with E-state index in [1.807, 2.05) is 6.07 Å². The van der Waals surface area contributed by atoms with Crippen molar-refractivity contribution in [1.29, 1.82) is 5.26 Å². The van der Waals surface area contributed by atoms with Gasteiger partial charge < -0.3 is 15.6 Å². The Balaban J connectivity index is 1.88. The Hall–Kier alpha value is -2.88. The number of primary amides is 1. The highest BCUT2D eigenvalue weighted by molar-refractivity contribution is 9.10. The number of phenols is 1. The maximum atomic E-state index is 15.7. The molecule has 4 N–H and O–H groups in total. The summed E-state index contributed by atoms with van der Waals surface area (Å²) in [6, 6.07) is 5.07. The van der Waals surface area contributed by atoms with Crippen LogP contribution in [0.4, 0.5) is 15.0 Å². The first-order valence-electron chi connectivity index (χ1n) is 9.76. The lowest BCUT2D eigenvalue weighted by Gasteiger charge is -2.43. The summed E-state index contributed by atoms with van der Waals surface area (Å²) in [5, 5.41) is 26.2. The molecule has 13 heteroatoms. The van der Waals surface area contributed by atoms with Crippen molar-refractivity contribution in [2.45, 2.75) is 31.1 Å². The van der Waals surface area contributed by atoms with Gasteiger partial charge in [-0.05, 0) is 40.0 Å². The number of phenolic OH excluding ortho intramolecular Hbond substituents is 1. The number of likely N-dealkylation sites (tertiary alicyclic amines) is 1. The Bertz CT molecular complexity index is 1120. The number of aromatic nitrogens is 2. The van der Waals surface area contributed by atoms with E-state index in [2.05, 4.69) is 31.1 Å². The van der Waals surface area contributed by atoms with Crippen LogP contribution >= 0.6 is 27.5 Å². The molecule has 0 radical (unpaired) electrons. The van der Waals surface area contributed by atoms with E-state index in [-0.39, 0.29) is 43.1 Å². The number of aromatic hydroxyl groups is 1. The monoisotopic (exact) mass is 542 g/mol. The molecule has 2 unspecified atom stereocenters. The van der Waals surface area contributed by atoms with E-state index in [0.717, 1.165) is 7.11 Å². The number of nitrogens with zero attached hydrogens (tertiary/aromatic N) is 4. The summed E-state index contributed by atoms with van der Waals surface area (Å²) >= 11 is 9.45. The van der Waals surface area contributed by atoms with Gasteiger partial charge in [-0.3, -0.25) is 19.7 Å². The zero-order valence-electron chi connectivity index (χ0n) is 17.5. The van der Waals surface area contributed by atoms with E-state index in [0.29, 0.717) is 21.6 Å². The van der Waals surface area contributed by atoms with Crippen molar-refractivity contribution in [3.63, 3.8) is 0 Å². The number of halogens is 3. The number of anilines is 1. The van der Waals surface area contributed by atoms with Crippen molar-refractivity contribution in [3.8, 4) is 11.8 Å². The maximum absolute atomic E-state index is 15.7. The number of carbonyl (C=O) groups excluding carboxylic acids is 2. The van der Waals surface area contributed by atoms with E-state index < -0.39 is 23.7 Å². The number of nitrogens with two attached hydrogens (primary N) is 1. The number of piperidine rings is 1. The number of hydrogen-bond acceptors (Lipinski definition) is 7. The predicted octanol–water partition coefficient (Wildman–Crippen LogP) is 3.13. The Kier molecular flexibility index (Phi) is 7.46. The Morgan fingerprint density at radius 1 is 1.55 bits per heavy atom. The Morgan fingerprint density at radius 2 is 2.27 bits per heavy atom. The molecule has 10 nitrogen and oxygen atoms in total. The first kappa shape index (κ1) is 24.8. The Morgan fingerprint density at radius 3 is 2.88 bits per heavy atom. The molecule has 2 atom stereocenters. The molecule has 2 heterocycles. The van der Waals surface area contributed by atoms with Crippen molar-refractivity contribution in [2.24, 2.45) is 5.73 Å². The van der Waals surface area contributed by atoms with Gasteiger partial charge in [0.25, 0.3) is 5.91 Å². The number of hydrogen-bond donors (Lipinski definition) is 3. The number of rotatable bonds is 6. The fraction of sp³-hybridized carbons (Fsp3) is 0.400. The molecule has 1 aliphatic heterocycles. The van der Waals surface area contributed by atoms with Crippen LogP contribution in [0.2, 0.25) is 5.02 Å². The van der Waals surface area contributed by atoms with Crippen molar-refractivity contribution in [3.05, 3.63) is 39.0 Å². The van der Waals surface area contributed by atoms with Gasteiger partial charge in [0.1, 0.15) is 23.0 Å². The van der Waals surface area contributed by atoms with E-state index in [4.69, 9.17) is 17.3 Å². The summed E-state index contributed by atoms with van der Waals surface area (Å²) in [7, 11) is 1.14. The summed E-state index contributed by atoms with van der Waals surface area (Å²) in [6.07, 6.45) is -1.24. The van der Waals surface area contributed by atoms with Gasteiger partial charge in [-0.25, -0.2) is 9.18 Å². The average Bonchev–Trinajstić information content (AvgIpc) is 3.18. The number of benzene rings is 1. The molecule has 1 fully saturated rings. The molecule has 1 aromatic carbocycles. The Labute approximate surface area is 202 Å². The number of amides is 2. The van der Waals surface area contributed by atoms with Crippen LogP contribution < -0.4 is 11.1 Å². The smallest absolute Gasteiger partial charge is 0.412 e. The minimum Gasteiger partial charge on any atom is -0.507 e. The zero-order valence-corrected chi connectivity index (χ0v) is 19.9. The van der Waals surface area contributed by atoms with Crippen molar-refractivity contribution >= 4 is 45.3 Å². The molecule has 2 amide bonds. The van der Waals surface area contributed by atoms with Crippen molar-refractivity contribution in [2.75, 3.05) is 25.5 Å². The van der Waals surface area contributed by atoms with E-state index in [1.165, 1.54) is 16.9 Å². The average molecular weight is 544 g/mol. The third-order valence-corrected chi connectivity index (χ3v) is 6.59. The second kappa shape index (κ2) is 9.94. The fourth-order valence-corrected chi connectivity index (χ4v) is 4.48. The first-order chi connectivity index (χ1) is 15.6. The minimum absolute atomic E-state index is 0.0168. The number of carbonyl (C=O) groups is 2. The maximum Gasteiger partial charge on any atom is 0.412 e. The lowest BCUT2D eigenvalue weighted by Crippen LogP contribution is -2.54. The summed E-state index contributed by atoms with van der Waals surface area (Å²) in [4.78, 5) is 25.3. The highest BCUT2D eigenvalue weighted by atomic mass is 79.9. The van der Waals surface area contributed by atoms with Gasteiger partial charge in [0, 0.05) is 30.9 Å². The van der Waals surface area contributed by atoms with E-state index in [1.54, 1.807) is 11.0 Å². The SMILES string of the molecule is COC(=O)Nc1nn(C2(CC#N)CCN(Cc3cc(O)c(Br)cc3Cl)CC2F)cc1C(N)=O. The van der Waals surface area contributed by atoms with Gasteiger partial charge in [0.2, 0.25) is 0 Å². The number of alkyl halides is 1. The predicted molar refractivity (Wildman–Crippen MR) is 121 cm³/mol. The molecule has 33 heavy (non-hydrogen) atoms. The summed E-state index contributed by atoms with van der Waals surface area (Å²) < 4.78 is 21.8. The summed E-state index contributed by atoms with van der Waals surface area (Å²) in [5.41, 5.74) is 4.49. The van der Waals surface area contributed by atoms with Crippen LogP contribution in [0.25, 0.3) is 0 Å². The molecule has 176 valence electrons. The molecular formula is C20H21BrClFN6O4. The standard InChI is InChI=1S/C20H21BrClFN6O4/c1-33-19(32)26-18-12(17(25)31)9-29(27-18)20(2-4-24)3-5-28(10-16(20)23)8-11-6-15(30)13(21)7-14(11)22/h6-7,9,16,30H,2-3,5,8,10H2,1H3,(H2,25,31)(H,26,27,32). The van der Waals surface area contributed by atoms with Crippen molar-refractivity contribution < 1.29 is 23.8 Å². The third-order valence-electron chi connectivity index (χ3n) is 5.60. The van der Waals surface area contributed by atoms with Gasteiger partial charge in [0.15, 0.2) is 5.82 Å². The second-order valence-corrected chi connectivity index (χ2v) is 8.86. The first-order valence-corrected chi connectivity index (χ1v) is 10.9. The highest BCUT2D eigenvalue weighted by Crippen LogP contribution is 2.38. The van der Waals surface area contributed by atoms with Crippen LogP contribution in [-0.4, -0.2) is 58.2 Å². The van der Waals surface area contributed by atoms with Gasteiger partial charge in [-0.1, -0.05) is 11.6 Å². The molecule has 0 spiro atoms. The van der Waals surface area contributed by atoms with Crippen molar-refractivity contribution in [1.82, 2.24) is 14.7 Å². The van der Waals surface area contributed by atoms with Crippen LogP contribution in [0.3, 0.4) is 0 Å². The normalized spacial score (nSPS) is 20.8. The highest BCUT2D eigenvalue weighted by Gasteiger charge is 2.46. The summed E-state index contributed by atoms with van der Waals surface area (Å²) in [6.45, 7) is 0.602. The molecule has 1 aromatic heterocycles. The third kappa shape index (κ3) is 5.05. The fourth-order valence-electron chi connectivity index (χ4n) is 3.78. The summed E-state index contributed by atoms with van der Waals surface area (Å²) in [5.74, 6) is -1.04. The number of nitriles is 1. The van der Waals surface area contributed by atoms with Gasteiger partial charge in [0.05, 0.1) is 24.1 Å². The number of ether oxygens (including phenoxy) is 1. The van der Waals surface area contributed by atoms with Gasteiger partial charge >= 0.3 is 6.09 Å². The van der Waals surface area contributed by atoms with Crippen LogP contribution in [0, 0.1) is 11.3 Å². The number of nitrogens with one attached hydrogen (secondary N) is 1. The largest absolute Gasteiger partial charge is 0.507 e. The molecule has 0 bridgehead atoms. The van der Waals surface area contributed by atoms with E-state index in [9.17, 15) is 20.0 Å². The van der Waals surface area contributed by atoms with Crippen LogP contribution in [0.5, 0.6) is 5.75 Å². The number of methoxy groups -OCH3 is 1. The molecular weight excluding hydrogens is 523 g/mol. The van der Waals surface area contributed by atoms with Crippen LogP contribution in [-0.2, 0) is 16.8 Å². The topological polar surface area (TPSA) is 146 Å². The van der Waals surface area contributed by atoms with Gasteiger partial charge in [-0.15, -0.1) is 0 Å². The molecule has 0 saturated carbocycles. The molecule has 1 saturated heterocycles. The minimum atomic E-state index is -1.56. The molecule has 3 rings (SSSR count). The second-order valence-electron chi connectivity index (χ2n) is 7.60. The van der Waals surface area contributed by atoms with Crippen LogP contribution in [0.1, 0.15) is 28.8 Å². The van der Waals surface area contributed by atoms with Gasteiger partial charge in [-0.2, -0.15) is 10.4 Å². The van der Waals surface area contributed by atoms with Crippen LogP contribution in [0.15, 0.2) is 22.8 Å². The lowest BCUT2D eigenvalue weighted by atomic mass is 9.83. The molecule has 2 aromatic rings. The molecule has 0 aliphatic carbocycles.